The van der Waals surface area contributed by atoms with E-state index in [1.807, 2.05) is 6.07 Å². The van der Waals surface area contributed by atoms with E-state index >= 15 is 0 Å². The van der Waals surface area contributed by atoms with Crippen LogP contribution in [0.1, 0.15) is 33.3 Å². The summed E-state index contributed by atoms with van der Waals surface area (Å²) in [6.45, 7) is 9.03. The van der Waals surface area contributed by atoms with Crippen molar-refractivity contribution in [1.29, 1.82) is 0 Å². The molecule has 1 aliphatic heterocycles. The third kappa shape index (κ3) is 5.61. The van der Waals surface area contributed by atoms with E-state index < -0.39 is 7.82 Å². The second-order valence-electron chi connectivity index (χ2n) is 6.16. The summed E-state index contributed by atoms with van der Waals surface area (Å²) in [6.07, 6.45) is 0. The van der Waals surface area contributed by atoms with E-state index in [2.05, 4.69) is 32.2 Å². The van der Waals surface area contributed by atoms with Crippen LogP contribution in [0.5, 0.6) is 5.75 Å². The van der Waals surface area contributed by atoms with Crippen LogP contribution in [0.3, 0.4) is 0 Å². The summed E-state index contributed by atoms with van der Waals surface area (Å²) in [4.78, 5) is 19.6. The van der Waals surface area contributed by atoms with E-state index in [4.69, 9.17) is 9.63 Å². The molecule has 124 valence electrons. The van der Waals surface area contributed by atoms with E-state index in [-0.39, 0.29) is 46.9 Å². The summed E-state index contributed by atoms with van der Waals surface area (Å²) in [5.74, 6) is 1.14. The summed E-state index contributed by atoms with van der Waals surface area (Å²) < 4.78 is 21.2. The zero-order valence-corrected chi connectivity index (χ0v) is 17.2. The van der Waals surface area contributed by atoms with Gasteiger partial charge >= 0.3 is 37.4 Å². The van der Waals surface area contributed by atoms with Crippen molar-refractivity contribution in [2.24, 2.45) is 11.3 Å². The summed E-state index contributed by atoms with van der Waals surface area (Å²) in [6, 6.07) is 6.53. The van der Waals surface area contributed by atoms with Gasteiger partial charge in [-0.25, -0.2) is 0 Å². The minimum atomic E-state index is -4.81. The molecular formula is C15H23NNaO5P. The second-order valence-corrected chi connectivity index (χ2v) is 7.28. The van der Waals surface area contributed by atoms with Crippen LogP contribution in [0.25, 0.3) is 5.76 Å². The van der Waals surface area contributed by atoms with Crippen molar-refractivity contribution in [2.75, 3.05) is 6.61 Å². The van der Waals surface area contributed by atoms with Crippen LogP contribution in [-0.4, -0.2) is 11.5 Å². The standard InChI is InChI=1S/C15H21O5P.H3N.Na/c1-10(2)13-14(19-9-15(13,3)4)11-6-5-7-12(8-11)20-21(16,17)18;;/h5-8,10H,9H2,1-4H3,(H2,16,17,18);1H3;/q;;+1/p-1. The molecule has 6 nitrogen and oxygen atoms in total. The quantitative estimate of drug-likeness (QED) is 0.588. The van der Waals surface area contributed by atoms with Crippen LogP contribution in [0.2, 0.25) is 0 Å². The van der Waals surface area contributed by atoms with Crippen LogP contribution in [0.15, 0.2) is 29.8 Å². The summed E-state index contributed by atoms with van der Waals surface area (Å²) in [5.41, 5.74) is 1.87. The minimum Gasteiger partial charge on any atom is -0.746 e. The number of hydrogen-bond acceptors (Lipinski definition) is 5. The van der Waals surface area contributed by atoms with E-state index in [1.165, 1.54) is 11.6 Å². The molecule has 0 spiro atoms. The molecule has 0 bridgehead atoms. The van der Waals surface area contributed by atoms with Gasteiger partial charge in [0.15, 0.2) is 0 Å². The molecule has 1 unspecified atom stereocenters. The summed E-state index contributed by atoms with van der Waals surface area (Å²) >= 11 is 0. The van der Waals surface area contributed by atoms with Crippen molar-refractivity contribution in [3.63, 3.8) is 0 Å². The molecule has 4 N–H and O–H groups in total. The molecule has 1 aromatic carbocycles. The molecule has 1 heterocycles. The number of phosphoric ester groups is 1. The molecule has 0 radical (unpaired) electrons. The minimum absolute atomic E-state index is 0. The zero-order valence-electron chi connectivity index (χ0n) is 14.3. The third-order valence-corrected chi connectivity index (χ3v) is 3.89. The van der Waals surface area contributed by atoms with Crippen molar-refractivity contribution in [1.82, 2.24) is 6.15 Å². The Hall–Kier alpha value is -0.330. The number of hydrogen-bond donors (Lipinski definition) is 2. The largest absolute Gasteiger partial charge is 1.00 e. The van der Waals surface area contributed by atoms with Gasteiger partial charge in [0.1, 0.15) is 11.5 Å². The molecule has 2 rings (SSSR count). The summed E-state index contributed by atoms with van der Waals surface area (Å²) in [5, 5.41) is 0. The fraction of sp³-hybridized carbons (Fsp3) is 0.467. The first-order valence-corrected chi connectivity index (χ1v) is 8.31. The van der Waals surface area contributed by atoms with Gasteiger partial charge in [-0.15, -0.1) is 0 Å². The van der Waals surface area contributed by atoms with Crippen molar-refractivity contribution < 1.29 is 53.2 Å². The molecule has 1 aliphatic rings. The van der Waals surface area contributed by atoms with E-state index in [0.717, 1.165) is 11.3 Å². The Labute approximate surface area is 159 Å². The molecule has 0 aliphatic carbocycles. The van der Waals surface area contributed by atoms with Crippen molar-refractivity contribution >= 4 is 13.6 Å². The molecular weight excluding hydrogens is 328 g/mol. The maximum Gasteiger partial charge on any atom is 1.00 e. The van der Waals surface area contributed by atoms with Crippen LogP contribution in [-0.2, 0) is 9.30 Å². The predicted molar refractivity (Wildman–Crippen MR) is 83.4 cm³/mol. The van der Waals surface area contributed by atoms with Crippen LogP contribution in [0, 0.1) is 11.3 Å². The smallest absolute Gasteiger partial charge is 0.746 e. The SMILES string of the molecule is CC(C)C1=C(c2cccc(OP(=O)([O-])O)c2)OCC1(C)C.N.[Na+]. The van der Waals surface area contributed by atoms with Gasteiger partial charge < -0.3 is 25.2 Å². The van der Waals surface area contributed by atoms with Gasteiger partial charge in [0.05, 0.1) is 6.61 Å². The average Bonchev–Trinajstić information content (AvgIpc) is 2.63. The average molecular weight is 351 g/mol. The van der Waals surface area contributed by atoms with Gasteiger partial charge in [0.2, 0.25) is 0 Å². The van der Waals surface area contributed by atoms with Gasteiger partial charge in [0, 0.05) is 11.0 Å². The molecule has 1 atom stereocenters. The van der Waals surface area contributed by atoms with Crippen LogP contribution >= 0.6 is 7.82 Å². The molecule has 0 aromatic heterocycles. The molecule has 0 amide bonds. The van der Waals surface area contributed by atoms with Crippen molar-refractivity contribution in [3.8, 4) is 5.75 Å². The van der Waals surface area contributed by atoms with Crippen molar-refractivity contribution in [3.05, 3.63) is 35.4 Å². The van der Waals surface area contributed by atoms with Gasteiger partial charge in [-0.2, -0.15) is 0 Å². The number of phosphoric acid groups is 1. The van der Waals surface area contributed by atoms with Crippen LogP contribution in [0.4, 0.5) is 0 Å². The normalized spacial score (nSPS) is 18.6. The van der Waals surface area contributed by atoms with Gasteiger partial charge in [0.25, 0.3) is 0 Å². The van der Waals surface area contributed by atoms with Gasteiger partial charge in [-0.1, -0.05) is 39.8 Å². The van der Waals surface area contributed by atoms with E-state index in [1.54, 1.807) is 12.1 Å². The molecule has 23 heavy (non-hydrogen) atoms. The maximum atomic E-state index is 10.8. The Kier molecular flexibility index (Phi) is 8.05. The Bertz CT molecular complexity index is 624. The number of ether oxygens (including phenoxy) is 1. The molecule has 8 heteroatoms. The number of benzene rings is 1. The molecule has 1 aromatic rings. The number of rotatable bonds is 4. The zero-order chi connectivity index (χ0) is 15.8. The van der Waals surface area contributed by atoms with E-state index in [9.17, 15) is 9.46 Å². The first kappa shape index (κ1) is 22.7. The Morgan fingerprint density at radius 3 is 2.52 bits per heavy atom. The second kappa shape index (κ2) is 8.17. The van der Waals surface area contributed by atoms with Crippen molar-refractivity contribution in [2.45, 2.75) is 27.7 Å². The molecule has 0 fully saturated rings. The molecule has 0 saturated carbocycles. The van der Waals surface area contributed by atoms with Gasteiger partial charge in [-0.05, 0) is 23.6 Å². The van der Waals surface area contributed by atoms with Gasteiger partial charge in [-0.3, -0.25) is 4.57 Å². The molecule has 0 saturated heterocycles. The first-order valence-electron chi connectivity index (χ1n) is 6.81. The third-order valence-electron chi connectivity index (χ3n) is 3.45. The maximum absolute atomic E-state index is 10.8. The van der Waals surface area contributed by atoms with Crippen LogP contribution < -0.4 is 45.1 Å². The fourth-order valence-corrected chi connectivity index (χ4v) is 3.21. The topological polar surface area (TPSA) is 114 Å². The monoisotopic (exact) mass is 351 g/mol. The predicted octanol–water partition coefficient (Wildman–Crippen LogP) is 0.116. The van der Waals surface area contributed by atoms with E-state index in [0.29, 0.717) is 12.5 Å². The first-order chi connectivity index (χ1) is 9.60. The Morgan fingerprint density at radius 1 is 1.39 bits per heavy atom. The Morgan fingerprint density at radius 2 is 2.00 bits per heavy atom. The Balaban J connectivity index is 0.00000242. The summed E-state index contributed by atoms with van der Waals surface area (Å²) in [7, 11) is -4.81. The fourth-order valence-electron chi connectivity index (χ4n) is 2.83.